The van der Waals surface area contributed by atoms with E-state index in [1.165, 1.54) is 11.1 Å². The molecule has 1 saturated heterocycles. The monoisotopic (exact) mass is 302 g/mol. The van der Waals surface area contributed by atoms with Crippen molar-refractivity contribution in [1.29, 1.82) is 0 Å². The van der Waals surface area contributed by atoms with Crippen molar-refractivity contribution in [3.63, 3.8) is 0 Å². The van der Waals surface area contributed by atoms with Crippen LogP contribution in [0.3, 0.4) is 0 Å². The van der Waals surface area contributed by atoms with Crippen LogP contribution in [0.4, 0.5) is 0 Å². The lowest BCUT2D eigenvalue weighted by Gasteiger charge is -2.28. The topological polar surface area (TPSA) is 50.4 Å². The fraction of sp³-hybridized carbons (Fsp3) is 0.611. The Morgan fingerprint density at radius 2 is 2.27 bits per heavy atom. The van der Waals surface area contributed by atoms with Gasteiger partial charge in [0, 0.05) is 19.0 Å². The first kappa shape index (κ1) is 15.3. The van der Waals surface area contributed by atoms with Gasteiger partial charge in [0.15, 0.2) is 0 Å². The van der Waals surface area contributed by atoms with Crippen LogP contribution >= 0.6 is 0 Å². The van der Waals surface area contributed by atoms with Crippen LogP contribution in [0.2, 0.25) is 0 Å². The number of carbonyl (C=O) groups is 1. The van der Waals surface area contributed by atoms with E-state index in [1.807, 2.05) is 6.07 Å². The average Bonchev–Trinajstić information content (AvgIpc) is 2.55. The van der Waals surface area contributed by atoms with Crippen molar-refractivity contribution < 1.29 is 9.53 Å². The highest BCUT2D eigenvalue weighted by Crippen LogP contribution is 2.35. The molecule has 1 amide bonds. The largest absolute Gasteiger partial charge is 0.497 e. The lowest BCUT2D eigenvalue weighted by atomic mass is 9.81. The smallest absolute Gasteiger partial charge is 0.220 e. The average molecular weight is 302 g/mol. The van der Waals surface area contributed by atoms with E-state index >= 15 is 0 Å². The molecule has 1 aliphatic carbocycles. The van der Waals surface area contributed by atoms with E-state index in [1.54, 1.807) is 7.11 Å². The third-order valence-corrected chi connectivity index (χ3v) is 4.88. The summed E-state index contributed by atoms with van der Waals surface area (Å²) in [4.78, 5) is 12.3. The summed E-state index contributed by atoms with van der Waals surface area (Å²) in [7, 11) is 1.70. The van der Waals surface area contributed by atoms with Crippen molar-refractivity contribution in [2.24, 2.45) is 0 Å². The first-order valence-electron chi connectivity index (χ1n) is 8.43. The zero-order valence-corrected chi connectivity index (χ0v) is 13.4. The summed E-state index contributed by atoms with van der Waals surface area (Å²) >= 11 is 0. The number of piperidine rings is 1. The highest BCUT2D eigenvalue weighted by Gasteiger charge is 2.24. The Morgan fingerprint density at radius 1 is 1.36 bits per heavy atom. The molecular weight excluding hydrogens is 276 g/mol. The molecular formula is C18H26N2O2. The minimum Gasteiger partial charge on any atom is -0.497 e. The number of nitrogens with one attached hydrogen (secondary N) is 2. The molecule has 0 saturated carbocycles. The molecule has 22 heavy (non-hydrogen) atoms. The number of benzene rings is 1. The quantitative estimate of drug-likeness (QED) is 0.898. The molecule has 120 valence electrons. The normalized spacial score (nSPS) is 24.4. The van der Waals surface area contributed by atoms with Crippen LogP contribution in [0.1, 0.15) is 49.1 Å². The third-order valence-electron chi connectivity index (χ3n) is 4.88. The van der Waals surface area contributed by atoms with Crippen molar-refractivity contribution >= 4 is 5.91 Å². The molecule has 1 unspecified atom stereocenters. The molecule has 3 rings (SSSR count). The molecule has 1 fully saturated rings. The Morgan fingerprint density at radius 3 is 3.05 bits per heavy atom. The van der Waals surface area contributed by atoms with Gasteiger partial charge in [0.1, 0.15) is 5.75 Å². The lowest BCUT2D eigenvalue weighted by Crippen LogP contribution is -2.45. The van der Waals surface area contributed by atoms with Gasteiger partial charge in [-0.05, 0) is 67.8 Å². The van der Waals surface area contributed by atoms with Gasteiger partial charge in [-0.3, -0.25) is 4.79 Å². The maximum absolute atomic E-state index is 12.3. The van der Waals surface area contributed by atoms with Gasteiger partial charge in [-0.2, -0.15) is 0 Å². The highest BCUT2D eigenvalue weighted by atomic mass is 16.5. The maximum Gasteiger partial charge on any atom is 0.220 e. The number of methoxy groups -OCH3 is 1. The zero-order valence-electron chi connectivity index (χ0n) is 13.4. The molecule has 1 heterocycles. The number of hydrogen-bond donors (Lipinski definition) is 2. The fourth-order valence-corrected chi connectivity index (χ4v) is 3.72. The van der Waals surface area contributed by atoms with Gasteiger partial charge < -0.3 is 15.4 Å². The van der Waals surface area contributed by atoms with Gasteiger partial charge in [0.2, 0.25) is 5.91 Å². The molecule has 1 aromatic carbocycles. The second-order valence-corrected chi connectivity index (χ2v) is 6.47. The number of fused-ring (bicyclic) bond motifs is 1. The summed E-state index contributed by atoms with van der Waals surface area (Å²) in [6, 6.07) is 6.60. The second-order valence-electron chi connectivity index (χ2n) is 6.47. The molecule has 2 aliphatic rings. The lowest BCUT2D eigenvalue weighted by molar-refractivity contribution is -0.122. The number of hydrogen-bond acceptors (Lipinski definition) is 3. The van der Waals surface area contributed by atoms with Crippen LogP contribution in [0.15, 0.2) is 18.2 Å². The number of ether oxygens (including phenoxy) is 1. The predicted octanol–water partition coefficient (Wildman–Crippen LogP) is 2.37. The Bertz CT molecular complexity index is 524. The van der Waals surface area contributed by atoms with Crippen molar-refractivity contribution in [1.82, 2.24) is 10.6 Å². The standard InChI is InChI=1S/C18H26N2O2/c1-22-16-7-8-17-13(10-16)4-2-5-14(17)11-18(21)20-15-6-3-9-19-12-15/h7-8,10,14-15,19H,2-6,9,11-12H2,1H3,(H,20,21)/t14?,15-/m0/s1. The highest BCUT2D eigenvalue weighted by molar-refractivity contribution is 5.77. The van der Waals surface area contributed by atoms with Crippen molar-refractivity contribution in [3.8, 4) is 5.75 Å². The first-order valence-corrected chi connectivity index (χ1v) is 8.43. The Labute approximate surface area is 132 Å². The number of rotatable bonds is 4. The van der Waals surface area contributed by atoms with Crippen LogP contribution in [0, 0.1) is 0 Å². The van der Waals surface area contributed by atoms with Gasteiger partial charge in [-0.25, -0.2) is 0 Å². The van der Waals surface area contributed by atoms with Crippen LogP contribution in [0.5, 0.6) is 5.75 Å². The van der Waals surface area contributed by atoms with Crippen LogP contribution in [-0.4, -0.2) is 32.1 Å². The molecule has 4 heteroatoms. The number of aryl methyl sites for hydroxylation is 1. The number of amides is 1. The Balaban J connectivity index is 1.62. The summed E-state index contributed by atoms with van der Waals surface area (Å²) in [5.74, 6) is 1.46. The Hall–Kier alpha value is -1.55. The van der Waals surface area contributed by atoms with Crippen LogP contribution in [0.25, 0.3) is 0 Å². The van der Waals surface area contributed by atoms with Crippen LogP contribution < -0.4 is 15.4 Å². The Kier molecular flexibility index (Phi) is 4.98. The molecule has 2 N–H and O–H groups in total. The third kappa shape index (κ3) is 3.61. The van der Waals surface area contributed by atoms with E-state index in [0.29, 0.717) is 18.4 Å². The fourth-order valence-electron chi connectivity index (χ4n) is 3.72. The summed E-state index contributed by atoms with van der Waals surface area (Å²) in [5.41, 5.74) is 2.69. The molecule has 1 aliphatic heterocycles. The molecule has 0 radical (unpaired) electrons. The van der Waals surface area contributed by atoms with E-state index in [4.69, 9.17) is 4.74 Å². The molecule has 0 bridgehead atoms. The summed E-state index contributed by atoms with van der Waals surface area (Å²) in [6.07, 6.45) is 6.21. The van der Waals surface area contributed by atoms with Gasteiger partial charge in [-0.15, -0.1) is 0 Å². The van der Waals surface area contributed by atoms with Crippen LogP contribution in [-0.2, 0) is 11.2 Å². The second kappa shape index (κ2) is 7.14. The molecule has 1 aromatic rings. The molecule has 0 aromatic heterocycles. The maximum atomic E-state index is 12.3. The van der Waals surface area contributed by atoms with E-state index in [9.17, 15) is 4.79 Å². The van der Waals surface area contributed by atoms with Crippen molar-refractivity contribution in [3.05, 3.63) is 29.3 Å². The summed E-state index contributed by atoms with van der Waals surface area (Å²) < 4.78 is 5.31. The van der Waals surface area contributed by atoms with E-state index < -0.39 is 0 Å². The predicted molar refractivity (Wildman–Crippen MR) is 87.3 cm³/mol. The van der Waals surface area contributed by atoms with E-state index in [0.717, 1.165) is 50.9 Å². The van der Waals surface area contributed by atoms with Crippen molar-refractivity contribution in [2.45, 2.75) is 50.5 Å². The van der Waals surface area contributed by atoms with E-state index in [-0.39, 0.29) is 5.91 Å². The van der Waals surface area contributed by atoms with Gasteiger partial charge >= 0.3 is 0 Å². The first-order chi connectivity index (χ1) is 10.8. The molecule has 0 spiro atoms. The molecule has 4 nitrogen and oxygen atoms in total. The van der Waals surface area contributed by atoms with Gasteiger partial charge in [-0.1, -0.05) is 6.07 Å². The number of carbonyl (C=O) groups excluding carboxylic acids is 1. The minimum absolute atomic E-state index is 0.197. The summed E-state index contributed by atoms with van der Waals surface area (Å²) in [5, 5.41) is 6.54. The summed E-state index contributed by atoms with van der Waals surface area (Å²) in [6.45, 7) is 1.98. The molecule has 2 atom stereocenters. The van der Waals surface area contributed by atoms with Gasteiger partial charge in [0.05, 0.1) is 7.11 Å². The van der Waals surface area contributed by atoms with E-state index in [2.05, 4.69) is 22.8 Å². The zero-order chi connectivity index (χ0) is 15.4. The van der Waals surface area contributed by atoms with Gasteiger partial charge in [0.25, 0.3) is 0 Å². The van der Waals surface area contributed by atoms with Crippen molar-refractivity contribution in [2.75, 3.05) is 20.2 Å². The SMILES string of the molecule is COc1ccc2c(c1)CCCC2CC(=O)N[C@H]1CCCNC1. The minimum atomic E-state index is 0.197.